The highest BCUT2D eigenvalue weighted by atomic mass is 16.4. The molecule has 1 N–H and O–H groups in total. The molecule has 1 amide bonds. The van der Waals surface area contributed by atoms with Crippen LogP contribution in [0.5, 0.6) is 0 Å². The highest BCUT2D eigenvalue weighted by molar-refractivity contribution is 5.92. The number of aryl methyl sites for hydroxylation is 1. The van der Waals surface area contributed by atoms with Crippen molar-refractivity contribution in [3.8, 4) is 11.5 Å². The van der Waals surface area contributed by atoms with E-state index in [0.29, 0.717) is 18.5 Å². The van der Waals surface area contributed by atoms with E-state index in [9.17, 15) is 4.79 Å². The van der Waals surface area contributed by atoms with Crippen LogP contribution in [0.1, 0.15) is 40.7 Å². The molecule has 33 heavy (non-hydrogen) atoms. The predicted octanol–water partition coefficient (Wildman–Crippen LogP) is 2.52. The fourth-order valence-corrected chi connectivity index (χ4v) is 3.85. The number of allylic oxidation sites excluding steroid dienone is 4. The summed E-state index contributed by atoms with van der Waals surface area (Å²) in [5.41, 5.74) is 4.22. The van der Waals surface area contributed by atoms with Gasteiger partial charge in [-0.3, -0.25) is 9.48 Å². The van der Waals surface area contributed by atoms with E-state index in [1.165, 1.54) is 0 Å². The van der Waals surface area contributed by atoms with E-state index in [1.54, 1.807) is 33.3 Å². The number of fused-ring (bicyclic) bond motifs is 1. The van der Waals surface area contributed by atoms with Crippen LogP contribution < -0.4 is 0 Å². The molecule has 0 saturated carbocycles. The van der Waals surface area contributed by atoms with Crippen molar-refractivity contribution in [2.75, 3.05) is 6.54 Å². The van der Waals surface area contributed by atoms with E-state index in [2.05, 4.69) is 30.4 Å². The maximum absolute atomic E-state index is 13.4. The zero-order valence-electron chi connectivity index (χ0n) is 18.5. The van der Waals surface area contributed by atoms with Crippen LogP contribution in [0.4, 0.5) is 0 Å². The number of H-pyrrole nitrogens is 1. The van der Waals surface area contributed by atoms with Crippen molar-refractivity contribution < 1.29 is 9.21 Å². The second kappa shape index (κ2) is 8.34. The number of aromatic nitrogens is 6. The van der Waals surface area contributed by atoms with Gasteiger partial charge in [-0.05, 0) is 26.0 Å². The van der Waals surface area contributed by atoms with Crippen LogP contribution in [0.2, 0.25) is 0 Å². The first-order chi connectivity index (χ1) is 16.1. The molecule has 0 unspecified atom stereocenters. The molecule has 0 fully saturated rings. The Kier molecular flexibility index (Phi) is 5.21. The second-order valence-electron chi connectivity index (χ2n) is 7.66. The molecule has 1 atom stereocenters. The van der Waals surface area contributed by atoms with E-state index >= 15 is 0 Å². The average molecular weight is 445 g/mol. The van der Waals surface area contributed by atoms with Crippen LogP contribution in [0.3, 0.4) is 0 Å². The number of carbonyl (C=O) groups excluding carboxylic acids is 1. The molecule has 168 valence electrons. The summed E-state index contributed by atoms with van der Waals surface area (Å²) in [6.45, 7) is 4.30. The number of aromatic amines is 1. The Morgan fingerprint density at radius 1 is 1.33 bits per heavy atom. The topological polar surface area (TPSA) is 121 Å². The molecule has 5 heterocycles. The summed E-state index contributed by atoms with van der Waals surface area (Å²) < 4.78 is 7.46. The lowest BCUT2D eigenvalue weighted by atomic mass is 10.0. The standard InChI is InChI=1S/C22H23N9O2/c1-4-15-7-5-6-9-31(15)26-12-18-19-17(23-13-24-19)8-10-30(18)22(32)21-28-27-20(33-21)16-11-25-29(3)14(16)2/h4-7,9,11-13,18H,8,10H2,1-3H3,(H,23,24)/b15-4-,26-12+/t18-/m0/s1. The summed E-state index contributed by atoms with van der Waals surface area (Å²) in [5.74, 6) is -0.198. The van der Waals surface area contributed by atoms with Gasteiger partial charge < -0.3 is 14.3 Å². The van der Waals surface area contributed by atoms with Gasteiger partial charge >= 0.3 is 11.8 Å². The molecule has 0 radical (unpaired) electrons. The molecule has 11 heteroatoms. The minimum absolute atomic E-state index is 0.0828. The van der Waals surface area contributed by atoms with Gasteiger partial charge in [0.25, 0.3) is 5.89 Å². The van der Waals surface area contributed by atoms with Gasteiger partial charge in [0, 0.05) is 37.6 Å². The minimum Gasteiger partial charge on any atom is -0.412 e. The van der Waals surface area contributed by atoms with Crippen molar-refractivity contribution in [1.82, 2.24) is 39.9 Å². The number of carbonyl (C=O) groups is 1. The van der Waals surface area contributed by atoms with E-state index in [1.807, 2.05) is 51.4 Å². The van der Waals surface area contributed by atoms with Crippen LogP contribution >= 0.6 is 0 Å². The van der Waals surface area contributed by atoms with Crippen LogP contribution in [0, 0.1) is 6.92 Å². The van der Waals surface area contributed by atoms with Crippen molar-refractivity contribution >= 4 is 12.1 Å². The fourth-order valence-electron chi connectivity index (χ4n) is 3.85. The molecule has 11 nitrogen and oxygen atoms in total. The van der Waals surface area contributed by atoms with Crippen molar-refractivity contribution in [3.05, 3.63) is 71.7 Å². The Balaban J connectivity index is 1.44. The lowest BCUT2D eigenvalue weighted by molar-refractivity contribution is 0.0672. The largest absolute Gasteiger partial charge is 0.412 e. The third-order valence-corrected chi connectivity index (χ3v) is 5.80. The first-order valence-electron chi connectivity index (χ1n) is 10.6. The van der Waals surface area contributed by atoms with Crippen molar-refractivity contribution in [2.24, 2.45) is 12.1 Å². The van der Waals surface area contributed by atoms with E-state index in [-0.39, 0.29) is 17.7 Å². The highest BCUT2D eigenvalue weighted by Crippen LogP contribution is 2.29. The molecule has 0 saturated heterocycles. The summed E-state index contributed by atoms with van der Waals surface area (Å²) >= 11 is 0. The van der Waals surface area contributed by atoms with Crippen molar-refractivity contribution in [3.63, 3.8) is 0 Å². The molecule has 2 aliphatic rings. The highest BCUT2D eigenvalue weighted by Gasteiger charge is 2.35. The normalized spacial score (nSPS) is 19.1. The van der Waals surface area contributed by atoms with Gasteiger partial charge in [-0.2, -0.15) is 10.2 Å². The zero-order valence-corrected chi connectivity index (χ0v) is 18.5. The van der Waals surface area contributed by atoms with Gasteiger partial charge in [0.2, 0.25) is 0 Å². The zero-order chi connectivity index (χ0) is 22.9. The molecule has 0 bridgehead atoms. The SMILES string of the molecule is C/C=C1/C=CC=CN1/N=C/[C@H]1c2nc[nH]c2CCN1C(=O)c1nnc(-c2cnn(C)c2C)o1. The fraction of sp³-hybridized carbons (Fsp3) is 0.273. The van der Waals surface area contributed by atoms with Crippen LogP contribution in [0.15, 0.2) is 58.2 Å². The minimum atomic E-state index is -0.486. The monoisotopic (exact) mass is 445 g/mol. The van der Waals surface area contributed by atoms with Gasteiger partial charge in [-0.1, -0.05) is 12.2 Å². The summed E-state index contributed by atoms with van der Waals surface area (Å²) in [7, 11) is 1.83. The maximum atomic E-state index is 13.4. The Morgan fingerprint density at radius 3 is 3.00 bits per heavy atom. The Labute approximate surface area is 189 Å². The predicted molar refractivity (Wildman–Crippen MR) is 120 cm³/mol. The molecule has 3 aromatic rings. The van der Waals surface area contributed by atoms with Crippen molar-refractivity contribution in [2.45, 2.75) is 26.3 Å². The third kappa shape index (κ3) is 3.67. The number of imidazole rings is 1. The molecule has 0 spiro atoms. The summed E-state index contributed by atoms with van der Waals surface area (Å²) in [4.78, 5) is 22.7. The number of amides is 1. The average Bonchev–Trinajstić information content (AvgIpc) is 3.58. The Morgan fingerprint density at radius 2 is 2.21 bits per heavy atom. The molecular weight excluding hydrogens is 422 g/mol. The van der Waals surface area contributed by atoms with Crippen LogP contribution in [-0.2, 0) is 13.5 Å². The number of hydrogen-bond donors (Lipinski definition) is 1. The van der Waals surface area contributed by atoms with Crippen LogP contribution in [-0.4, -0.2) is 58.5 Å². The maximum Gasteiger partial charge on any atom is 0.312 e. The molecule has 0 aromatic carbocycles. The second-order valence-corrected chi connectivity index (χ2v) is 7.66. The first kappa shape index (κ1) is 20.6. The lowest BCUT2D eigenvalue weighted by Gasteiger charge is -2.32. The first-order valence-corrected chi connectivity index (χ1v) is 10.6. The summed E-state index contributed by atoms with van der Waals surface area (Å²) in [5, 5.41) is 18.6. The third-order valence-electron chi connectivity index (χ3n) is 5.80. The number of hydrogen-bond acceptors (Lipinski definition) is 8. The van der Waals surface area contributed by atoms with Gasteiger partial charge in [0.1, 0.15) is 6.04 Å². The number of hydrazone groups is 1. The molecule has 5 rings (SSSR count). The number of nitrogens with zero attached hydrogens (tertiary/aromatic N) is 8. The van der Waals surface area contributed by atoms with Gasteiger partial charge in [-0.25, -0.2) is 9.99 Å². The van der Waals surface area contributed by atoms with Gasteiger partial charge in [-0.15, -0.1) is 10.2 Å². The number of nitrogens with one attached hydrogen (secondary N) is 1. The van der Waals surface area contributed by atoms with E-state index in [0.717, 1.165) is 22.8 Å². The van der Waals surface area contributed by atoms with Crippen molar-refractivity contribution in [1.29, 1.82) is 0 Å². The van der Waals surface area contributed by atoms with E-state index < -0.39 is 6.04 Å². The smallest absolute Gasteiger partial charge is 0.312 e. The summed E-state index contributed by atoms with van der Waals surface area (Å²) in [6, 6.07) is -0.486. The quantitative estimate of drug-likeness (QED) is 0.613. The lowest BCUT2D eigenvalue weighted by Crippen LogP contribution is -2.41. The van der Waals surface area contributed by atoms with Crippen LogP contribution in [0.25, 0.3) is 11.5 Å². The van der Waals surface area contributed by atoms with E-state index in [4.69, 9.17) is 4.42 Å². The molecule has 0 aliphatic carbocycles. The molecule has 3 aromatic heterocycles. The van der Waals surface area contributed by atoms with Gasteiger partial charge in [0.05, 0.1) is 35.7 Å². The molecular formula is C22H23N9O2. The molecule has 2 aliphatic heterocycles. The Bertz CT molecular complexity index is 1310. The van der Waals surface area contributed by atoms with Gasteiger partial charge in [0.15, 0.2) is 0 Å². The Hall–Kier alpha value is -4.28. The number of rotatable bonds is 4. The summed E-state index contributed by atoms with van der Waals surface area (Å²) in [6.07, 6.45) is 15.2.